The van der Waals surface area contributed by atoms with E-state index in [0.29, 0.717) is 30.0 Å². The molecule has 3 aliphatic rings. The average Bonchev–Trinajstić information content (AvgIpc) is 3.09. The summed E-state index contributed by atoms with van der Waals surface area (Å²) in [5.74, 6) is 1.62. The number of hydrogen-bond donors (Lipinski definition) is 2. The molecule has 4 nitrogen and oxygen atoms in total. The Balaban J connectivity index is 0.00000161. The molecule has 5 heteroatoms. The summed E-state index contributed by atoms with van der Waals surface area (Å²) in [6.07, 6.45) is 8.87. The van der Waals surface area contributed by atoms with E-state index in [2.05, 4.69) is 29.1 Å². The Kier molecular flexibility index (Phi) is 5.94. The van der Waals surface area contributed by atoms with Gasteiger partial charge in [0.2, 0.25) is 0 Å². The Morgan fingerprint density at radius 3 is 2.86 bits per heavy atom. The number of nitrogens with one attached hydrogen (secondary N) is 2. The molecule has 3 rings (SSSR count). The lowest BCUT2D eigenvalue weighted by molar-refractivity contribution is -0.125. The topological polar surface area (TPSA) is 45.7 Å². The normalized spacial score (nSPS) is 33.0. The van der Waals surface area contributed by atoms with Gasteiger partial charge < -0.3 is 15.4 Å². The highest BCUT2D eigenvalue weighted by Crippen LogP contribution is 2.60. The maximum Gasteiger partial charge on any atom is 0.191 e. The largest absolute Gasteiger partial charge is 0.377 e. The fourth-order valence-corrected chi connectivity index (χ4v) is 4.53. The molecule has 120 valence electrons. The van der Waals surface area contributed by atoms with Gasteiger partial charge in [0, 0.05) is 30.5 Å². The van der Waals surface area contributed by atoms with E-state index in [0.717, 1.165) is 19.1 Å². The van der Waals surface area contributed by atoms with Crippen LogP contribution >= 0.6 is 24.0 Å². The zero-order valence-electron chi connectivity index (χ0n) is 12.9. The number of aliphatic imine (C=N–C) groups is 1. The van der Waals surface area contributed by atoms with Crippen LogP contribution in [0.2, 0.25) is 0 Å². The van der Waals surface area contributed by atoms with Crippen LogP contribution in [0.4, 0.5) is 0 Å². The summed E-state index contributed by atoms with van der Waals surface area (Å²) in [6.45, 7) is 8.36. The highest BCUT2D eigenvalue weighted by atomic mass is 127. The second-order valence-electron chi connectivity index (χ2n) is 6.31. The summed E-state index contributed by atoms with van der Waals surface area (Å²) in [4.78, 5) is 4.56. The van der Waals surface area contributed by atoms with Crippen LogP contribution in [-0.2, 0) is 4.74 Å². The van der Waals surface area contributed by atoms with Crippen LogP contribution in [0, 0.1) is 11.3 Å². The van der Waals surface area contributed by atoms with Crippen LogP contribution in [0.15, 0.2) is 17.6 Å². The van der Waals surface area contributed by atoms with Crippen molar-refractivity contribution in [1.29, 1.82) is 0 Å². The van der Waals surface area contributed by atoms with Crippen molar-refractivity contribution in [1.82, 2.24) is 10.6 Å². The predicted molar refractivity (Wildman–Crippen MR) is 97.3 cm³/mol. The van der Waals surface area contributed by atoms with Gasteiger partial charge in [-0.2, -0.15) is 0 Å². The van der Waals surface area contributed by atoms with E-state index in [1.54, 1.807) is 0 Å². The lowest BCUT2D eigenvalue weighted by atomic mass is 9.54. The lowest BCUT2D eigenvalue weighted by Crippen LogP contribution is -2.69. The SMILES string of the molecule is C=CCN=C(NCC)NC1C2CCOC2C12CCCC2.I. The quantitative estimate of drug-likeness (QED) is 0.327. The molecule has 0 aromatic carbocycles. The minimum Gasteiger partial charge on any atom is -0.377 e. The first-order valence-corrected chi connectivity index (χ1v) is 8.09. The van der Waals surface area contributed by atoms with Crippen LogP contribution in [0.1, 0.15) is 39.0 Å². The monoisotopic (exact) mass is 405 g/mol. The van der Waals surface area contributed by atoms with Gasteiger partial charge in [-0.3, -0.25) is 0 Å². The fraction of sp³-hybridized carbons (Fsp3) is 0.812. The highest BCUT2D eigenvalue weighted by Gasteiger charge is 2.65. The number of ether oxygens (including phenoxy) is 1. The zero-order valence-corrected chi connectivity index (χ0v) is 15.3. The van der Waals surface area contributed by atoms with E-state index in [-0.39, 0.29) is 24.0 Å². The van der Waals surface area contributed by atoms with Crippen LogP contribution in [0.25, 0.3) is 0 Å². The van der Waals surface area contributed by atoms with Crippen molar-refractivity contribution in [2.75, 3.05) is 19.7 Å². The molecule has 1 aliphatic heterocycles. The number of halogens is 1. The van der Waals surface area contributed by atoms with Gasteiger partial charge in [-0.25, -0.2) is 4.99 Å². The van der Waals surface area contributed by atoms with E-state index in [9.17, 15) is 0 Å². The Morgan fingerprint density at radius 1 is 1.43 bits per heavy atom. The van der Waals surface area contributed by atoms with E-state index in [4.69, 9.17) is 4.74 Å². The number of rotatable bonds is 4. The maximum absolute atomic E-state index is 6.03. The minimum absolute atomic E-state index is 0. The van der Waals surface area contributed by atoms with E-state index in [1.807, 2.05) is 6.08 Å². The third kappa shape index (κ3) is 2.96. The smallest absolute Gasteiger partial charge is 0.191 e. The van der Waals surface area contributed by atoms with Crippen molar-refractivity contribution >= 4 is 29.9 Å². The molecule has 1 heterocycles. The van der Waals surface area contributed by atoms with Crippen LogP contribution in [-0.4, -0.2) is 37.8 Å². The van der Waals surface area contributed by atoms with E-state index in [1.165, 1.54) is 32.1 Å². The Labute approximate surface area is 145 Å². The molecule has 3 unspecified atom stereocenters. The number of guanidine groups is 1. The lowest BCUT2D eigenvalue weighted by Gasteiger charge is -2.57. The Bertz CT molecular complexity index is 393. The second-order valence-corrected chi connectivity index (χ2v) is 6.31. The first-order valence-electron chi connectivity index (χ1n) is 8.09. The molecule has 1 spiro atoms. The van der Waals surface area contributed by atoms with Gasteiger partial charge >= 0.3 is 0 Å². The molecule has 0 aromatic rings. The standard InChI is InChI=1S/C16H27N3O.HI/c1-3-10-18-15(17-4-2)19-13-12-7-11-20-14(12)16(13)8-5-6-9-16;/h3,12-14H,1,4-11H2,2H3,(H2,17,18,19);1H. The average molecular weight is 405 g/mol. The summed E-state index contributed by atoms with van der Waals surface area (Å²) in [7, 11) is 0. The molecular formula is C16H28IN3O. The molecule has 2 N–H and O–H groups in total. The summed E-state index contributed by atoms with van der Waals surface area (Å²) in [5.41, 5.74) is 0.380. The second kappa shape index (κ2) is 7.31. The third-order valence-electron chi connectivity index (χ3n) is 5.30. The molecule has 21 heavy (non-hydrogen) atoms. The van der Waals surface area contributed by atoms with Gasteiger partial charge in [-0.1, -0.05) is 18.9 Å². The van der Waals surface area contributed by atoms with Crippen molar-refractivity contribution in [3.8, 4) is 0 Å². The summed E-state index contributed by atoms with van der Waals surface area (Å²) in [5, 5.41) is 7.06. The van der Waals surface area contributed by atoms with Crippen LogP contribution < -0.4 is 10.6 Å². The Morgan fingerprint density at radius 2 is 2.19 bits per heavy atom. The van der Waals surface area contributed by atoms with Crippen molar-refractivity contribution in [2.45, 2.75) is 51.2 Å². The van der Waals surface area contributed by atoms with Gasteiger partial charge in [0.1, 0.15) is 0 Å². The third-order valence-corrected chi connectivity index (χ3v) is 5.30. The van der Waals surface area contributed by atoms with Gasteiger partial charge in [-0.15, -0.1) is 30.6 Å². The summed E-state index contributed by atoms with van der Waals surface area (Å²) in [6, 6.07) is 0.542. The van der Waals surface area contributed by atoms with Crippen LogP contribution in [0.5, 0.6) is 0 Å². The van der Waals surface area contributed by atoms with E-state index >= 15 is 0 Å². The minimum atomic E-state index is 0. The fourth-order valence-electron chi connectivity index (χ4n) is 4.53. The molecule has 0 bridgehead atoms. The molecule has 0 radical (unpaired) electrons. The van der Waals surface area contributed by atoms with Crippen LogP contribution in [0.3, 0.4) is 0 Å². The highest BCUT2D eigenvalue weighted by molar-refractivity contribution is 14.0. The zero-order chi connectivity index (χ0) is 14.0. The summed E-state index contributed by atoms with van der Waals surface area (Å²) >= 11 is 0. The number of nitrogens with zero attached hydrogens (tertiary/aromatic N) is 1. The molecule has 1 saturated heterocycles. The van der Waals surface area contributed by atoms with E-state index < -0.39 is 0 Å². The van der Waals surface area contributed by atoms with Crippen molar-refractivity contribution in [3.05, 3.63) is 12.7 Å². The molecule has 2 aliphatic carbocycles. The van der Waals surface area contributed by atoms with Gasteiger partial charge in [0.15, 0.2) is 5.96 Å². The summed E-state index contributed by atoms with van der Waals surface area (Å²) < 4.78 is 6.03. The molecule has 0 aromatic heterocycles. The van der Waals surface area contributed by atoms with Crippen molar-refractivity contribution in [3.63, 3.8) is 0 Å². The van der Waals surface area contributed by atoms with Crippen molar-refractivity contribution in [2.24, 2.45) is 16.3 Å². The first-order chi connectivity index (χ1) is 9.81. The predicted octanol–water partition coefficient (Wildman–Crippen LogP) is 2.69. The van der Waals surface area contributed by atoms with Gasteiger partial charge in [0.25, 0.3) is 0 Å². The van der Waals surface area contributed by atoms with Gasteiger partial charge in [-0.05, 0) is 26.2 Å². The molecule has 0 amide bonds. The van der Waals surface area contributed by atoms with Crippen molar-refractivity contribution < 1.29 is 4.74 Å². The molecule has 3 fully saturated rings. The maximum atomic E-state index is 6.03. The molecular weight excluding hydrogens is 377 g/mol. The van der Waals surface area contributed by atoms with Gasteiger partial charge in [0.05, 0.1) is 12.6 Å². The number of fused-ring (bicyclic) bond motifs is 2. The molecule has 3 atom stereocenters. The number of hydrogen-bond acceptors (Lipinski definition) is 2. The Hall–Kier alpha value is -0.300. The molecule has 2 saturated carbocycles. The first kappa shape index (κ1) is 17.1.